The van der Waals surface area contributed by atoms with Crippen LogP contribution in [0.1, 0.15) is 264 Å². The molecule has 0 radical (unpaired) electrons. The molecule has 56 heavy (non-hydrogen) atoms. The molecular formula is C50H99NO5. The van der Waals surface area contributed by atoms with Crippen molar-refractivity contribution in [3.8, 4) is 0 Å². The second-order valence-corrected chi connectivity index (χ2v) is 17.2. The highest BCUT2D eigenvalue weighted by molar-refractivity contribution is 5.76. The summed E-state index contributed by atoms with van der Waals surface area (Å²) in [6.07, 6.45) is 53.7. The summed E-state index contributed by atoms with van der Waals surface area (Å²) in [6, 6.07) is -0.625. The van der Waals surface area contributed by atoms with Crippen molar-refractivity contribution in [2.75, 3.05) is 26.4 Å². The lowest BCUT2D eigenvalue weighted by molar-refractivity contribution is -0.123. The maximum Gasteiger partial charge on any atom is 0.220 e. The number of rotatable bonds is 48. The van der Waals surface area contributed by atoms with Crippen molar-refractivity contribution in [3.05, 3.63) is 12.2 Å². The number of allylic oxidation sites excluding steroid dienone is 1. The number of hydrogen-bond donors (Lipinski definition) is 4. The molecule has 0 aliphatic carbocycles. The Balaban J connectivity index is 3.39. The van der Waals surface area contributed by atoms with Gasteiger partial charge in [0.1, 0.15) is 0 Å². The molecule has 0 heterocycles. The molecule has 0 fully saturated rings. The van der Waals surface area contributed by atoms with Gasteiger partial charge in [0.15, 0.2) is 0 Å². The summed E-state index contributed by atoms with van der Waals surface area (Å²) in [7, 11) is 0. The number of unbranched alkanes of at least 4 members (excludes halogenated alkanes) is 36. The van der Waals surface area contributed by atoms with E-state index in [0.29, 0.717) is 13.0 Å². The number of carbonyl (C=O) groups is 1. The zero-order chi connectivity index (χ0) is 40.7. The molecule has 0 aromatic heterocycles. The second kappa shape index (κ2) is 48.4. The smallest absolute Gasteiger partial charge is 0.220 e. The lowest BCUT2D eigenvalue weighted by Crippen LogP contribution is -2.45. The monoisotopic (exact) mass is 794 g/mol. The number of aliphatic hydroxyl groups is 3. The van der Waals surface area contributed by atoms with Gasteiger partial charge >= 0.3 is 0 Å². The van der Waals surface area contributed by atoms with Crippen molar-refractivity contribution >= 4 is 5.91 Å². The van der Waals surface area contributed by atoms with Crippen molar-refractivity contribution < 1.29 is 24.9 Å². The fraction of sp³-hybridized carbons (Fsp3) is 0.940. The van der Waals surface area contributed by atoms with Crippen LogP contribution >= 0.6 is 0 Å². The fourth-order valence-corrected chi connectivity index (χ4v) is 7.79. The van der Waals surface area contributed by atoms with Crippen molar-refractivity contribution in [1.82, 2.24) is 5.32 Å². The SMILES string of the molecule is CCCCCCCCCCCCC/C=C/[C@@H](O)[C@H](CO)NC(=O)CCCCCCCCCCCCCCCOCCCCCCCCCCCCCCCCO. The van der Waals surface area contributed by atoms with Gasteiger partial charge < -0.3 is 25.4 Å². The molecule has 334 valence electrons. The van der Waals surface area contributed by atoms with E-state index in [4.69, 9.17) is 9.84 Å². The Morgan fingerprint density at radius 3 is 1.20 bits per heavy atom. The van der Waals surface area contributed by atoms with Crippen molar-refractivity contribution in [3.63, 3.8) is 0 Å². The molecular weight excluding hydrogens is 695 g/mol. The van der Waals surface area contributed by atoms with E-state index in [0.717, 1.165) is 45.3 Å². The van der Waals surface area contributed by atoms with Crippen LogP contribution in [-0.2, 0) is 9.53 Å². The molecule has 4 N–H and O–H groups in total. The van der Waals surface area contributed by atoms with Crippen LogP contribution in [-0.4, -0.2) is 59.8 Å². The quantitative estimate of drug-likeness (QED) is 0.0363. The molecule has 0 aliphatic rings. The molecule has 0 saturated heterocycles. The molecule has 0 aromatic rings. The average Bonchev–Trinajstić information content (AvgIpc) is 3.20. The molecule has 0 bridgehead atoms. The van der Waals surface area contributed by atoms with Gasteiger partial charge in [0.05, 0.1) is 18.8 Å². The predicted octanol–water partition coefficient (Wildman–Crippen LogP) is 14.0. The van der Waals surface area contributed by atoms with Crippen LogP contribution in [0.15, 0.2) is 12.2 Å². The molecule has 0 spiro atoms. The third-order valence-electron chi connectivity index (χ3n) is 11.7. The van der Waals surface area contributed by atoms with E-state index in [1.807, 2.05) is 6.08 Å². The standard InChI is InChI=1S/C50H99NO5/c1-2-3-4-5-6-7-8-12-17-22-27-32-37-42-49(54)48(47-53)51-50(55)43-38-33-28-23-18-13-11-16-21-26-31-36-41-46-56-45-40-35-30-25-20-15-10-9-14-19-24-29-34-39-44-52/h37,42,48-49,52-54H,2-36,38-41,43-47H2,1H3,(H,51,55)/b42-37+/t48-,49+/m0/s1. The van der Waals surface area contributed by atoms with Crippen LogP contribution in [0.3, 0.4) is 0 Å². The summed E-state index contributed by atoms with van der Waals surface area (Å²) in [5, 5.41) is 31.8. The lowest BCUT2D eigenvalue weighted by atomic mass is 10.0. The van der Waals surface area contributed by atoms with Crippen LogP contribution in [0.5, 0.6) is 0 Å². The van der Waals surface area contributed by atoms with Crippen LogP contribution < -0.4 is 5.32 Å². The maximum absolute atomic E-state index is 12.4. The number of hydrogen-bond acceptors (Lipinski definition) is 5. The molecule has 2 atom stereocenters. The van der Waals surface area contributed by atoms with Gasteiger partial charge in [-0.2, -0.15) is 0 Å². The van der Waals surface area contributed by atoms with Gasteiger partial charge in [-0.1, -0.05) is 231 Å². The van der Waals surface area contributed by atoms with Gasteiger partial charge in [0.25, 0.3) is 0 Å². The van der Waals surface area contributed by atoms with Crippen molar-refractivity contribution in [2.24, 2.45) is 0 Å². The van der Waals surface area contributed by atoms with Crippen LogP contribution in [0.4, 0.5) is 0 Å². The first-order chi connectivity index (χ1) is 27.7. The summed E-state index contributed by atoms with van der Waals surface area (Å²) in [5.41, 5.74) is 0. The Morgan fingerprint density at radius 1 is 0.482 bits per heavy atom. The van der Waals surface area contributed by atoms with Gasteiger partial charge in [0, 0.05) is 26.2 Å². The highest BCUT2D eigenvalue weighted by atomic mass is 16.5. The molecule has 0 aromatic carbocycles. The third-order valence-corrected chi connectivity index (χ3v) is 11.7. The van der Waals surface area contributed by atoms with Crippen molar-refractivity contribution in [1.29, 1.82) is 0 Å². The minimum Gasteiger partial charge on any atom is -0.396 e. The van der Waals surface area contributed by atoms with Crippen LogP contribution in [0.2, 0.25) is 0 Å². The van der Waals surface area contributed by atoms with Gasteiger partial charge in [-0.25, -0.2) is 0 Å². The fourth-order valence-electron chi connectivity index (χ4n) is 7.79. The van der Waals surface area contributed by atoms with Crippen LogP contribution in [0, 0.1) is 0 Å². The van der Waals surface area contributed by atoms with Gasteiger partial charge in [-0.05, 0) is 38.5 Å². The van der Waals surface area contributed by atoms with E-state index in [-0.39, 0.29) is 12.5 Å². The Kier molecular flexibility index (Phi) is 47.6. The third kappa shape index (κ3) is 44.2. The van der Waals surface area contributed by atoms with Gasteiger partial charge in [-0.3, -0.25) is 4.79 Å². The summed E-state index contributed by atoms with van der Waals surface area (Å²) in [4.78, 5) is 12.4. The number of aliphatic hydroxyl groups excluding tert-OH is 3. The summed E-state index contributed by atoms with van der Waals surface area (Å²) in [5.74, 6) is -0.0685. The summed E-state index contributed by atoms with van der Waals surface area (Å²) < 4.78 is 5.88. The van der Waals surface area contributed by atoms with E-state index < -0.39 is 12.1 Å². The Bertz CT molecular complexity index is 777. The topological polar surface area (TPSA) is 99.0 Å². The van der Waals surface area contributed by atoms with E-state index in [2.05, 4.69) is 12.2 Å². The van der Waals surface area contributed by atoms with E-state index in [1.165, 1.54) is 218 Å². The normalized spacial score (nSPS) is 12.9. The molecule has 0 aliphatic heterocycles. The lowest BCUT2D eigenvalue weighted by Gasteiger charge is -2.20. The maximum atomic E-state index is 12.4. The molecule has 1 amide bonds. The van der Waals surface area contributed by atoms with E-state index >= 15 is 0 Å². The number of ether oxygens (including phenoxy) is 1. The summed E-state index contributed by atoms with van der Waals surface area (Å²) >= 11 is 0. The van der Waals surface area contributed by atoms with E-state index in [1.54, 1.807) is 6.08 Å². The Labute approximate surface area is 349 Å². The molecule has 0 saturated carbocycles. The largest absolute Gasteiger partial charge is 0.396 e. The number of nitrogens with one attached hydrogen (secondary N) is 1. The first-order valence-corrected chi connectivity index (χ1v) is 25.1. The van der Waals surface area contributed by atoms with Crippen LogP contribution in [0.25, 0.3) is 0 Å². The zero-order valence-electron chi connectivity index (χ0n) is 37.6. The Hall–Kier alpha value is -0.950. The first kappa shape index (κ1) is 55.0. The molecule has 0 rings (SSSR count). The summed E-state index contributed by atoms with van der Waals surface area (Å²) in [6.45, 7) is 4.26. The highest BCUT2D eigenvalue weighted by Gasteiger charge is 2.18. The molecule has 0 unspecified atom stereocenters. The Morgan fingerprint density at radius 2 is 0.821 bits per heavy atom. The number of carbonyl (C=O) groups excluding carboxylic acids is 1. The van der Waals surface area contributed by atoms with Gasteiger partial charge in [-0.15, -0.1) is 0 Å². The average molecular weight is 794 g/mol. The minimum absolute atomic E-state index is 0.0685. The van der Waals surface area contributed by atoms with Crippen molar-refractivity contribution in [2.45, 2.75) is 276 Å². The molecule has 6 nitrogen and oxygen atoms in total. The van der Waals surface area contributed by atoms with Gasteiger partial charge in [0.2, 0.25) is 5.91 Å². The zero-order valence-corrected chi connectivity index (χ0v) is 37.6. The number of amides is 1. The predicted molar refractivity (Wildman–Crippen MR) is 242 cm³/mol. The molecule has 6 heteroatoms. The highest BCUT2D eigenvalue weighted by Crippen LogP contribution is 2.16. The second-order valence-electron chi connectivity index (χ2n) is 17.2. The minimum atomic E-state index is -0.841. The van der Waals surface area contributed by atoms with E-state index in [9.17, 15) is 15.0 Å². The first-order valence-electron chi connectivity index (χ1n) is 25.1.